The molecule has 0 bridgehead atoms. The van der Waals surface area contributed by atoms with Crippen molar-refractivity contribution in [3.63, 3.8) is 0 Å². The molecule has 0 amide bonds. The minimum Gasteiger partial charge on any atom is -0.334 e. The van der Waals surface area contributed by atoms with Crippen LogP contribution in [0.25, 0.3) is 6.08 Å². The molecule has 126 valence electrons. The number of carbonyl (C=O) groups excluding carboxylic acids is 1. The molecule has 0 aliphatic carbocycles. The van der Waals surface area contributed by atoms with Crippen LogP contribution >= 0.6 is 22.7 Å². The first kappa shape index (κ1) is 16.0. The zero-order valence-corrected chi connectivity index (χ0v) is 15.1. The monoisotopic (exact) mass is 369 g/mol. The summed E-state index contributed by atoms with van der Waals surface area (Å²) < 4.78 is 2.40. The molecular weight excluding hydrogens is 354 g/mol. The van der Waals surface area contributed by atoms with E-state index in [0.717, 1.165) is 15.4 Å². The van der Waals surface area contributed by atoms with Gasteiger partial charge in [0.15, 0.2) is 10.6 Å². The summed E-state index contributed by atoms with van der Waals surface area (Å²) in [4.78, 5) is 32.4. The Kier molecular flexibility index (Phi) is 4.10. The van der Waals surface area contributed by atoms with Gasteiger partial charge in [0.2, 0.25) is 0 Å². The first-order valence-corrected chi connectivity index (χ1v) is 9.47. The number of rotatable bonds is 3. The molecule has 1 aromatic carbocycles. The van der Waals surface area contributed by atoms with Crippen LogP contribution in [-0.4, -0.2) is 17.0 Å². The van der Waals surface area contributed by atoms with Crippen LogP contribution in [0.15, 0.2) is 51.6 Å². The van der Waals surface area contributed by atoms with Crippen molar-refractivity contribution in [1.82, 2.24) is 4.57 Å². The Morgan fingerprint density at radius 1 is 1.24 bits per heavy atom. The molecule has 5 nitrogen and oxygen atoms in total. The Morgan fingerprint density at radius 3 is 2.72 bits per heavy atom. The summed E-state index contributed by atoms with van der Waals surface area (Å²) in [5.74, 6) is 0.0416. The van der Waals surface area contributed by atoms with Crippen LogP contribution in [0, 0.1) is 0 Å². The maximum atomic E-state index is 12.7. The Hall–Kier alpha value is -2.51. The third-order valence-corrected chi connectivity index (χ3v) is 5.90. The third-order valence-electron chi connectivity index (χ3n) is 4.03. The number of aromatic nitrogens is 1. The maximum Gasteiger partial charge on any atom is 0.271 e. The average Bonchev–Trinajstić information content (AvgIpc) is 3.24. The van der Waals surface area contributed by atoms with Crippen molar-refractivity contribution in [1.29, 1.82) is 0 Å². The highest BCUT2D eigenvalue weighted by Crippen LogP contribution is 2.17. The van der Waals surface area contributed by atoms with Gasteiger partial charge in [0.1, 0.15) is 13.3 Å². The predicted molar refractivity (Wildman–Crippen MR) is 101 cm³/mol. The average molecular weight is 369 g/mol. The largest absolute Gasteiger partial charge is 0.334 e. The van der Waals surface area contributed by atoms with E-state index in [0.29, 0.717) is 23.4 Å². The molecule has 1 aliphatic rings. The number of ketones is 1. The molecule has 0 N–H and O–H groups in total. The molecule has 7 heteroatoms. The number of thiazole rings is 1. The Labute approximate surface area is 151 Å². The summed E-state index contributed by atoms with van der Waals surface area (Å²) in [7, 11) is 0. The Bertz CT molecular complexity index is 1090. The number of thiophene rings is 1. The minimum absolute atomic E-state index is 0.0118. The lowest BCUT2D eigenvalue weighted by Crippen LogP contribution is -2.42. The highest BCUT2D eigenvalue weighted by molar-refractivity contribution is 7.11. The topological polar surface area (TPSA) is 54.7 Å². The fourth-order valence-corrected chi connectivity index (χ4v) is 4.37. The molecule has 0 radical (unpaired) electrons. The molecular formula is C18H15N3O2S2. The van der Waals surface area contributed by atoms with Gasteiger partial charge in [-0.3, -0.25) is 14.2 Å². The molecule has 3 heterocycles. The van der Waals surface area contributed by atoms with Gasteiger partial charge in [0.25, 0.3) is 5.56 Å². The molecule has 3 aromatic rings. The van der Waals surface area contributed by atoms with Gasteiger partial charge in [-0.15, -0.1) is 11.3 Å². The van der Waals surface area contributed by atoms with Crippen LogP contribution in [0.3, 0.4) is 0 Å². The molecule has 2 aromatic heterocycles. The molecule has 0 unspecified atom stereocenters. The highest BCUT2D eigenvalue weighted by Gasteiger charge is 2.16. The number of fused-ring (bicyclic) bond motifs is 1. The zero-order chi connectivity index (χ0) is 17.4. The van der Waals surface area contributed by atoms with Crippen LogP contribution in [-0.2, 0) is 6.67 Å². The van der Waals surface area contributed by atoms with Crippen molar-refractivity contribution in [3.05, 3.63) is 71.9 Å². The van der Waals surface area contributed by atoms with E-state index in [-0.39, 0.29) is 11.3 Å². The third kappa shape index (κ3) is 3.08. The first-order chi connectivity index (χ1) is 12.1. The lowest BCUT2D eigenvalue weighted by Gasteiger charge is -2.25. The summed E-state index contributed by atoms with van der Waals surface area (Å²) >= 11 is 3.04. The van der Waals surface area contributed by atoms with Crippen LogP contribution in [0.1, 0.15) is 22.2 Å². The van der Waals surface area contributed by atoms with Gasteiger partial charge in [0, 0.05) is 16.1 Å². The first-order valence-electron chi connectivity index (χ1n) is 7.77. The number of carbonyl (C=O) groups is 1. The van der Waals surface area contributed by atoms with E-state index >= 15 is 0 Å². The number of Topliss-reactive ketones (excluding diaryl/α,β-unsaturated/α-hetero) is 1. The van der Waals surface area contributed by atoms with Gasteiger partial charge in [-0.25, -0.2) is 4.99 Å². The zero-order valence-electron chi connectivity index (χ0n) is 13.5. The van der Waals surface area contributed by atoms with E-state index in [1.54, 1.807) is 35.0 Å². The fraction of sp³-hybridized carbons (Fsp3) is 0.167. The number of anilines is 1. The second-order valence-corrected chi connectivity index (χ2v) is 7.71. The lowest BCUT2D eigenvalue weighted by atomic mass is 10.1. The summed E-state index contributed by atoms with van der Waals surface area (Å²) in [5, 5.41) is 1.99. The smallest absolute Gasteiger partial charge is 0.271 e. The molecule has 25 heavy (non-hydrogen) atoms. The standard InChI is InChI=1S/C18H15N3O2S2/c1-12(22)13-4-6-14(7-5-13)20-10-19-18-21(11-20)17(23)16(25-18)9-15-3-2-8-24-15/h2-9H,10-11H2,1H3/b16-9-. The molecule has 0 saturated heterocycles. The van der Waals surface area contributed by atoms with Gasteiger partial charge in [-0.05, 0) is 48.7 Å². The van der Waals surface area contributed by atoms with Crippen molar-refractivity contribution in [2.24, 2.45) is 4.99 Å². The fourth-order valence-electron chi connectivity index (χ4n) is 2.68. The highest BCUT2D eigenvalue weighted by atomic mass is 32.1. The van der Waals surface area contributed by atoms with E-state index in [2.05, 4.69) is 4.99 Å². The minimum atomic E-state index is -0.0118. The van der Waals surface area contributed by atoms with E-state index in [9.17, 15) is 9.59 Å². The lowest BCUT2D eigenvalue weighted by molar-refractivity contribution is 0.101. The molecule has 0 fully saturated rings. The molecule has 0 atom stereocenters. The van der Waals surface area contributed by atoms with Crippen LogP contribution in [0.5, 0.6) is 0 Å². The van der Waals surface area contributed by atoms with Crippen molar-refractivity contribution < 1.29 is 4.79 Å². The number of hydrogen-bond donors (Lipinski definition) is 0. The van der Waals surface area contributed by atoms with Gasteiger partial charge in [-0.1, -0.05) is 17.4 Å². The Balaban J connectivity index is 1.67. The van der Waals surface area contributed by atoms with Gasteiger partial charge < -0.3 is 4.90 Å². The van der Waals surface area contributed by atoms with Crippen molar-refractivity contribution in [2.45, 2.75) is 13.6 Å². The Morgan fingerprint density at radius 2 is 2.04 bits per heavy atom. The van der Waals surface area contributed by atoms with Crippen LogP contribution < -0.4 is 19.8 Å². The summed E-state index contributed by atoms with van der Waals surface area (Å²) in [6.45, 7) is 2.51. The molecule has 1 aliphatic heterocycles. The summed E-state index contributed by atoms with van der Waals surface area (Å²) in [6.07, 6.45) is 1.92. The summed E-state index contributed by atoms with van der Waals surface area (Å²) in [6, 6.07) is 11.4. The van der Waals surface area contributed by atoms with Crippen molar-refractivity contribution in [3.8, 4) is 0 Å². The number of hydrogen-bond acceptors (Lipinski definition) is 6. The summed E-state index contributed by atoms with van der Waals surface area (Å²) in [5.41, 5.74) is 1.61. The molecule has 0 saturated carbocycles. The van der Waals surface area contributed by atoms with E-state index < -0.39 is 0 Å². The van der Waals surface area contributed by atoms with Crippen molar-refractivity contribution >= 4 is 40.2 Å². The normalized spacial score (nSPS) is 14.3. The second-order valence-electron chi connectivity index (χ2n) is 5.73. The van der Waals surface area contributed by atoms with Gasteiger partial charge >= 0.3 is 0 Å². The maximum absolute atomic E-state index is 12.7. The SMILES string of the molecule is CC(=O)c1ccc(N2CN=c3s/c(=C\c4cccs4)c(=O)n3C2)cc1. The quantitative estimate of drug-likeness (QED) is 0.664. The predicted octanol–water partition coefficient (Wildman–Crippen LogP) is 2.06. The van der Waals surface area contributed by atoms with Crippen LogP contribution in [0.4, 0.5) is 5.69 Å². The second kappa shape index (κ2) is 6.42. The number of benzene rings is 1. The van der Waals surface area contributed by atoms with Gasteiger partial charge in [-0.2, -0.15) is 0 Å². The van der Waals surface area contributed by atoms with Crippen molar-refractivity contribution in [2.75, 3.05) is 11.6 Å². The van der Waals surface area contributed by atoms with E-state index in [1.807, 2.05) is 40.6 Å². The molecule has 4 rings (SSSR count). The van der Waals surface area contributed by atoms with E-state index in [1.165, 1.54) is 11.3 Å². The molecule has 0 spiro atoms. The van der Waals surface area contributed by atoms with Gasteiger partial charge in [0.05, 0.1) is 4.53 Å². The van der Waals surface area contributed by atoms with Crippen LogP contribution in [0.2, 0.25) is 0 Å². The number of nitrogens with zero attached hydrogens (tertiary/aromatic N) is 3. The van der Waals surface area contributed by atoms with E-state index in [4.69, 9.17) is 0 Å².